The van der Waals surface area contributed by atoms with Gasteiger partial charge in [0.05, 0.1) is 6.61 Å². The van der Waals surface area contributed by atoms with Gasteiger partial charge >= 0.3 is 0 Å². The van der Waals surface area contributed by atoms with Crippen LogP contribution in [0.3, 0.4) is 0 Å². The zero-order valence-corrected chi connectivity index (χ0v) is 11.5. The molecule has 4 heteroatoms. The first-order valence-electron chi connectivity index (χ1n) is 6.47. The highest BCUT2D eigenvalue weighted by Gasteiger charge is 2.11. The average molecular weight is 260 g/mol. The molecule has 2 rings (SSSR count). The summed E-state index contributed by atoms with van der Waals surface area (Å²) in [5, 5.41) is 9.19. The summed E-state index contributed by atoms with van der Waals surface area (Å²) in [4.78, 5) is 6.31. The van der Waals surface area contributed by atoms with Crippen LogP contribution in [0, 0.1) is 13.8 Å². The molecule has 2 aromatic rings. The van der Waals surface area contributed by atoms with E-state index < -0.39 is 0 Å². The molecule has 19 heavy (non-hydrogen) atoms. The SMILES string of the molecule is Cc1cc(CN(CCO)Cc2cccnc2)c(C)o1. The second-order valence-corrected chi connectivity index (χ2v) is 4.73. The van der Waals surface area contributed by atoms with Gasteiger partial charge in [-0.15, -0.1) is 0 Å². The molecule has 0 aromatic carbocycles. The fraction of sp³-hybridized carbons (Fsp3) is 0.400. The smallest absolute Gasteiger partial charge is 0.105 e. The Bertz CT molecular complexity index is 508. The van der Waals surface area contributed by atoms with Gasteiger partial charge in [0, 0.05) is 37.6 Å². The minimum atomic E-state index is 0.149. The maximum Gasteiger partial charge on any atom is 0.105 e. The molecular formula is C15H20N2O2. The quantitative estimate of drug-likeness (QED) is 0.865. The van der Waals surface area contributed by atoms with E-state index in [9.17, 15) is 5.11 Å². The highest BCUT2D eigenvalue weighted by atomic mass is 16.3. The summed E-state index contributed by atoms with van der Waals surface area (Å²) in [5.41, 5.74) is 2.32. The molecule has 0 aliphatic carbocycles. The third-order valence-electron chi connectivity index (χ3n) is 3.08. The van der Waals surface area contributed by atoms with Crippen LogP contribution in [0.1, 0.15) is 22.6 Å². The summed E-state index contributed by atoms with van der Waals surface area (Å²) < 4.78 is 5.54. The third-order valence-corrected chi connectivity index (χ3v) is 3.08. The third kappa shape index (κ3) is 3.91. The topological polar surface area (TPSA) is 49.5 Å². The van der Waals surface area contributed by atoms with Gasteiger partial charge in [0.15, 0.2) is 0 Å². The molecule has 0 radical (unpaired) electrons. The fourth-order valence-electron chi connectivity index (χ4n) is 2.19. The van der Waals surface area contributed by atoms with Crippen LogP contribution >= 0.6 is 0 Å². The Kier molecular flexibility index (Phi) is 4.71. The molecule has 102 valence electrons. The summed E-state index contributed by atoms with van der Waals surface area (Å²) in [5.74, 6) is 1.88. The maximum absolute atomic E-state index is 9.19. The monoisotopic (exact) mass is 260 g/mol. The van der Waals surface area contributed by atoms with Gasteiger partial charge in [-0.25, -0.2) is 0 Å². The van der Waals surface area contributed by atoms with E-state index in [1.807, 2.05) is 32.2 Å². The number of pyridine rings is 1. The van der Waals surface area contributed by atoms with Gasteiger partial charge in [0.2, 0.25) is 0 Å². The molecular weight excluding hydrogens is 240 g/mol. The van der Waals surface area contributed by atoms with Gasteiger partial charge in [-0.1, -0.05) is 6.07 Å². The van der Waals surface area contributed by atoms with Crippen molar-refractivity contribution in [1.82, 2.24) is 9.88 Å². The Balaban J connectivity index is 2.06. The Morgan fingerprint density at radius 2 is 2.16 bits per heavy atom. The van der Waals surface area contributed by atoms with Crippen molar-refractivity contribution in [3.63, 3.8) is 0 Å². The van der Waals surface area contributed by atoms with Crippen LogP contribution in [0.2, 0.25) is 0 Å². The van der Waals surface area contributed by atoms with E-state index in [0.717, 1.165) is 30.2 Å². The lowest BCUT2D eigenvalue weighted by atomic mass is 10.2. The lowest BCUT2D eigenvalue weighted by Crippen LogP contribution is -2.26. The standard InChI is InChI=1S/C15H20N2O2/c1-12-8-15(13(2)19-12)11-17(6-7-18)10-14-4-3-5-16-9-14/h3-5,8-9,18H,6-7,10-11H2,1-2H3. The van der Waals surface area contributed by atoms with E-state index >= 15 is 0 Å². The first kappa shape index (κ1) is 13.8. The number of furan rings is 1. The van der Waals surface area contributed by atoms with E-state index in [1.54, 1.807) is 6.20 Å². The normalized spacial score (nSPS) is 11.2. The van der Waals surface area contributed by atoms with Crippen LogP contribution in [0.5, 0.6) is 0 Å². The molecule has 0 saturated carbocycles. The van der Waals surface area contributed by atoms with Gasteiger partial charge in [-0.2, -0.15) is 0 Å². The van der Waals surface area contributed by atoms with E-state index in [-0.39, 0.29) is 6.61 Å². The van der Waals surface area contributed by atoms with Gasteiger partial charge < -0.3 is 9.52 Å². The number of nitrogens with zero attached hydrogens (tertiary/aromatic N) is 2. The molecule has 4 nitrogen and oxygen atoms in total. The van der Waals surface area contributed by atoms with Crippen LogP contribution in [0.25, 0.3) is 0 Å². The number of aromatic nitrogens is 1. The minimum Gasteiger partial charge on any atom is -0.466 e. The Hall–Kier alpha value is -1.65. The fourth-order valence-corrected chi connectivity index (χ4v) is 2.19. The van der Waals surface area contributed by atoms with E-state index in [2.05, 4.69) is 16.0 Å². The van der Waals surface area contributed by atoms with E-state index in [0.29, 0.717) is 6.54 Å². The van der Waals surface area contributed by atoms with Crippen LogP contribution < -0.4 is 0 Å². The lowest BCUT2D eigenvalue weighted by molar-refractivity contribution is 0.183. The number of aliphatic hydroxyl groups excluding tert-OH is 1. The van der Waals surface area contributed by atoms with Crippen LogP contribution in [-0.2, 0) is 13.1 Å². The molecule has 0 saturated heterocycles. The summed E-state index contributed by atoms with van der Waals surface area (Å²) in [6, 6.07) is 6.04. The molecule has 0 aliphatic heterocycles. The van der Waals surface area contributed by atoms with E-state index in [1.165, 1.54) is 5.56 Å². The number of aliphatic hydroxyl groups is 1. The van der Waals surface area contributed by atoms with Gasteiger partial charge in [0.1, 0.15) is 11.5 Å². The summed E-state index contributed by atoms with van der Waals surface area (Å²) in [7, 11) is 0. The van der Waals surface area contributed by atoms with Crippen molar-refractivity contribution in [2.24, 2.45) is 0 Å². The first-order valence-corrected chi connectivity index (χ1v) is 6.47. The van der Waals surface area contributed by atoms with Crippen molar-refractivity contribution in [2.45, 2.75) is 26.9 Å². The molecule has 0 atom stereocenters. The number of hydrogen-bond donors (Lipinski definition) is 1. The predicted molar refractivity (Wildman–Crippen MR) is 73.6 cm³/mol. The zero-order chi connectivity index (χ0) is 13.7. The van der Waals surface area contributed by atoms with Crippen LogP contribution in [0.15, 0.2) is 35.0 Å². The Morgan fingerprint density at radius 1 is 1.32 bits per heavy atom. The van der Waals surface area contributed by atoms with Crippen molar-refractivity contribution in [2.75, 3.05) is 13.2 Å². The van der Waals surface area contributed by atoms with Crippen molar-refractivity contribution < 1.29 is 9.52 Å². The van der Waals surface area contributed by atoms with Gasteiger partial charge in [0.25, 0.3) is 0 Å². The molecule has 0 fully saturated rings. The summed E-state index contributed by atoms with van der Waals surface area (Å²) in [6.45, 7) is 6.27. The zero-order valence-electron chi connectivity index (χ0n) is 11.5. The van der Waals surface area contributed by atoms with Crippen molar-refractivity contribution in [3.8, 4) is 0 Å². The Labute approximate surface area is 113 Å². The molecule has 0 spiro atoms. The predicted octanol–water partition coefficient (Wildman–Crippen LogP) is 2.29. The molecule has 0 amide bonds. The molecule has 2 aromatic heterocycles. The van der Waals surface area contributed by atoms with Crippen molar-refractivity contribution in [3.05, 3.63) is 53.2 Å². The van der Waals surface area contributed by atoms with Crippen molar-refractivity contribution in [1.29, 1.82) is 0 Å². The highest BCUT2D eigenvalue weighted by molar-refractivity contribution is 5.20. The number of rotatable bonds is 6. The number of aryl methyl sites for hydroxylation is 2. The van der Waals surface area contributed by atoms with E-state index in [4.69, 9.17) is 4.42 Å². The first-order chi connectivity index (χ1) is 9.19. The van der Waals surface area contributed by atoms with Gasteiger partial charge in [-0.05, 0) is 31.5 Å². The molecule has 0 aliphatic rings. The molecule has 2 heterocycles. The van der Waals surface area contributed by atoms with Crippen LogP contribution in [-0.4, -0.2) is 28.1 Å². The largest absolute Gasteiger partial charge is 0.466 e. The number of hydrogen-bond acceptors (Lipinski definition) is 4. The van der Waals surface area contributed by atoms with Gasteiger partial charge in [-0.3, -0.25) is 9.88 Å². The van der Waals surface area contributed by atoms with Crippen molar-refractivity contribution >= 4 is 0 Å². The second kappa shape index (κ2) is 6.50. The second-order valence-electron chi connectivity index (χ2n) is 4.73. The minimum absolute atomic E-state index is 0.149. The summed E-state index contributed by atoms with van der Waals surface area (Å²) >= 11 is 0. The van der Waals surface area contributed by atoms with Crippen LogP contribution in [0.4, 0.5) is 0 Å². The Morgan fingerprint density at radius 3 is 2.74 bits per heavy atom. The summed E-state index contributed by atoms with van der Waals surface area (Å²) in [6.07, 6.45) is 3.63. The maximum atomic E-state index is 9.19. The average Bonchev–Trinajstić information content (AvgIpc) is 2.69. The highest BCUT2D eigenvalue weighted by Crippen LogP contribution is 2.17. The molecule has 0 bridgehead atoms. The lowest BCUT2D eigenvalue weighted by Gasteiger charge is -2.20. The molecule has 0 unspecified atom stereocenters. The molecule has 1 N–H and O–H groups in total.